The molecule has 2 heteroatoms. The summed E-state index contributed by atoms with van der Waals surface area (Å²) in [4.78, 5) is 3.70. The number of rotatable bonds is 3. The van der Waals surface area contributed by atoms with Crippen LogP contribution in [0.1, 0.15) is 5.56 Å². The Kier molecular flexibility index (Phi) is 4.04. The first-order chi connectivity index (χ1) is 10.4. The van der Waals surface area contributed by atoms with Gasteiger partial charge in [-0.3, -0.25) is 0 Å². The van der Waals surface area contributed by atoms with Crippen LogP contribution in [-0.4, -0.2) is 0 Å². The van der Waals surface area contributed by atoms with Crippen molar-refractivity contribution in [2.45, 2.75) is 14.7 Å². The van der Waals surface area contributed by atoms with Crippen molar-refractivity contribution in [1.29, 1.82) is 5.26 Å². The number of hydrogen-bond donors (Lipinski definition) is 0. The van der Waals surface area contributed by atoms with Crippen LogP contribution in [0.4, 0.5) is 0 Å². The Bertz CT molecular complexity index is 721. The lowest BCUT2D eigenvalue weighted by Crippen LogP contribution is -2.04. The molecule has 3 aromatic rings. The minimum Gasteiger partial charge on any atom is -0.192 e. The van der Waals surface area contributed by atoms with Gasteiger partial charge in [0.2, 0.25) is 0 Å². The van der Waals surface area contributed by atoms with Crippen LogP contribution in [0.3, 0.4) is 0 Å². The second-order valence-electron chi connectivity index (χ2n) is 4.57. The Balaban J connectivity index is 2.15. The van der Waals surface area contributed by atoms with E-state index in [1.54, 1.807) is 0 Å². The molecule has 0 saturated carbocycles. The van der Waals surface area contributed by atoms with Crippen LogP contribution in [0.5, 0.6) is 0 Å². The molecule has 0 bridgehead atoms. The molecule has 0 amide bonds. The first-order valence-corrected chi connectivity index (χ1v) is 7.95. The third kappa shape index (κ3) is 2.99. The molecule has 0 aromatic heterocycles. The van der Waals surface area contributed by atoms with Crippen molar-refractivity contribution in [1.82, 2.24) is 0 Å². The molecule has 0 aliphatic carbocycles. The monoisotopic (exact) mass is 288 g/mol. The van der Waals surface area contributed by atoms with Crippen molar-refractivity contribution in [3.63, 3.8) is 0 Å². The molecule has 0 atom stereocenters. The first kappa shape index (κ1) is 13.5. The second-order valence-corrected chi connectivity index (χ2v) is 6.60. The molecule has 0 heterocycles. The molecule has 100 valence electrons. The zero-order valence-electron chi connectivity index (χ0n) is 11.4. The van der Waals surface area contributed by atoms with Gasteiger partial charge in [0.25, 0.3) is 0 Å². The maximum atomic E-state index is 9.14. The summed E-state index contributed by atoms with van der Waals surface area (Å²) in [5.74, 6) is 0. The lowest BCUT2D eigenvalue weighted by molar-refractivity contribution is 1.31. The van der Waals surface area contributed by atoms with E-state index >= 15 is 0 Å². The maximum Gasteiger partial charge on any atom is 0.167 e. The van der Waals surface area contributed by atoms with Crippen LogP contribution in [0.25, 0.3) is 0 Å². The topological polar surface area (TPSA) is 23.8 Å². The smallest absolute Gasteiger partial charge is 0.167 e. The zero-order chi connectivity index (χ0) is 14.5. The molecular weight excluding hydrogens is 274 g/mol. The summed E-state index contributed by atoms with van der Waals surface area (Å²) in [7, 11) is -0.178. The molecule has 1 nitrogen and oxygen atoms in total. The highest BCUT2D eigenvalue weighted by Gasteiger charge is 2.28. The van der Waals surface area contributed by atoms with Gasteiger partial charge in [0.05, 0.1) is 22.5 Å². The summed E-state index contributed by atoms with van der Waals surface area (Å²) in [6, 6.07) is 31.0. The van der Waals surface area contributed by atoms with Crippen LogP contribution in [0, 0.1) is 11.3 Å². The van der Waals surface area contributed by atoms with Gasteiger partial charge in [-0.05, 0) is 36.4 Å². The van der Waals surface area contributed by atoms with E-state index in [1.165, 1.54) is 14.7 Å². The largest absolute Gasteiger partial charge is 0.192 e. The lowest BCUT2D eigenvalue weighted by atomic mass is 10.2. The molecule has 0 spiro atoms. The van der Waals surface area contributed by atoms with Gasteiger partial charge < -0.3 is 0 Å². The van der Waals surface area contributed by atoms with E-state index in [-0.39, 0.29) is 10.9 Å². The Morgan fingerprint density at radius 3 is 1.67 bits per heavy atom. The Hall–Kier alpha value is -2.50. The normalized spacial score (nSPS) is 10.3. The number of benzene rings is 3. The maximum absolute atomic E-state index is 9.14. The highest BCUT2D eigenvalue weighted by Crippen LogP contribution is 2.31. The van der Waals surface area contributed by atoms with E-state index < -0.39 is 0 Å². The van der Waals surface area contributed by atoms with Crippen LogP contribution in [0.2, 0.25) is 0 Å². The van der Waals surface area contributed by atoms with Crippen molar-refractivity contribution in [2.24, 2.45) is 0 Å². The van der Waals surface area contributed by atoms with Crippen molar-refractivity contribution in [3.05, 3.63) is 90.5 Å². The van der Waals surface area contributed by atoms with Gasteiger partial charge in [0.1, 0.15) is 0 Å². The molecule has 0 saturated heterocycles. The summed E-state index contributed by atoms with van der Waals surface area (Å²) in [5.41, 5.74) is 0.705. The Labute approximate surface area is 127 Å². The minimum atomic E-state index is -0.178. The van der Waals surface area contributed by atoms with Gasteiger partial charge >= 0.3 is 0 Å². The molecule has 0 N–H and O–H groups in total. The van der Waals surface area contributed by atoms with Crippen LogP contribution in [-0.2, 0) is 10.9 Å². The standard InChI is InChI=1S/C19H14NS/c20-15-16-8-7-13-19(14-16)21(17-9-3-1-4-10-17)18-11-5-2-6-12-18/h1-14H/q+1. The van der Waals surface area contributed by atoms with Crippen molar-refractivity contribution in [2.75, 3.05) is 0 Å². The zero-order valence-corrected chi connectivity index (χ0v) is 12.3. The van der Waals surface area contributed by atoms with Gasteiger partial charge in [-0.25, -0.2) is 0 Å². The Morgan fingerprint density at radius 2 is 1.14 bits per heavy atom. The molecule has 0 unspecified atom stereocenters. The Morgan fingerprint density at radius 1 is 0.619 bits per heavy atom. The van der Waals surface area contributed by atoms with E-state index in [0.717, 1.165) is 0 Å². The van der Waals surface area contributed by atoms with Crippen LogP contribution >= 0.6 is 0 Å². The van der Waals surface area contributed by atoms with Crippen molar-refractivity contribution >= 4 is 10.9 Å². The molecule has 3 aromatic carbocycles. The fourth-order valence-electron chi connectivity index (χ4n) is 2.21. The van der Waals surface area contributed by atoms with Crippen LogP contribution < -0.4 is 0 Å². The predicted octanol–water partition coefficient (Wildman–Crippen LogP) is 4.65. The van der Waals surface area contributed by atoms with Gasteiger partial charge in [0, 0.05) is 6.07 Å². The summed E-state index contributed by atoms with van der Waals surface area (Å²) >= 11 is 0. The van der Waals surface area contributed by atoms with E-state index in [1.807, 2.05) is 30.3 Å². The van der Waals surface area contributed by atoms with E-state index in [2.05, 4.69) is 60.7 Å². The van der Waals surface area contributed by atoms with Crippen molar-refractivity contribution < 1.29 is 0 Å². The minimum absolute atomic E-state index is 0.178. The first-order valence-electron chi connectivity index (χ1n) is 6.73. The average Bonchev–Trinajstić information content (AvgIpc) is 2.57. The summed E-state index contributed by atoms with van der Waals surface area (Å²) < 4.78 is 0. The number of nitrogens with zero attached hydrogens (tertiary/aromatic N) is 1. The third-order valence-corrected chi connectivity index (χ3v) is 5.37. The van der Waals surface area contributed by atoms with Gasteiger partial charge in [-0.15, -0.1) is 0 Å². The summed E-state index contributed by atoms with van der Waals surface area (Å²) in [5, 5.41) is 9.14. The predicted molar refractivity (Wildman–Crippen MR) is 86.2 cm³/mol. The quantitative estimate of drug-likeness (QED) is 0.643. The summed E-state index contributed by atoms with van der Waals surface area (Å²) in [6.07, 6.45) is 0. The van der Waals surface area contributed by atoms with Crippen LogP contribution in [0.15, 0.2) is 99.6 Å². The van der Waals surface area contributed by atoms with Crippen molar-refractivity contribution in [3.8, 4) is 6.07 Å². The number of nitriles is 1. The fourth-order valence-corrected chi connectivity index (χ4v) is 4.35. The lowest BCUT2D eigenvalue weighted by Gasteiger charge is -2.07. The molecule has 3 rings (SSSR count). The highest BCUT2D eigenvalue weighted by atomic mass is 32.2. The van der Waals surface area contributed by atoms with Gasteiger partial charge in [-0.2, -0.15) is 5.26 Å². The number of hydrogen-bond acceptors (Lipinski definition) is 1. The third-order valence-electron chi connectivity index (χ3n) is 3.16. The molecular formula is C19H14NS+. The summed E-state index contributed by atoms with van der Waals surface area (Å²) in [6.45, 7) is 0. The average molecular weight is 288 g/mol. The SMILES string of the molecule is N#Cc1cccc([S+](c2ccccc2)c2ccccc2)c1. The molecule has 21 heavy (non-hydrogen) atoms. The molecule has 0 fully saturated rings. The molecule has 0 aliphatic heterocycles. The fraction of sp³-hybridized carbons (Fsp3) is 0. The van der Waals surface area contributed by atoms with Gasteiger partial charge in [-0.1, -0.05) is 42.5 Å². The molecule has 0 radical (unpaired) electrons. The van der Waals surface area contributed by atoms with Gasteiger partial charge in [0.15, 0.2) is 14.7 Å². The highest BCUT2D eigenvalue weighted by molar-refractivity contribution is 7.97. The second kappa shape index (κ2) is 6.30. The van der Waals surface area contributed by atoms with E-state index in [9.17, 15) is 0 Å². The van der Waals surface area contributed by atoms with E-state index in [4.69, 9.17) is 5.26 Å². The van der Waals surface area contributed by atoms with E-state index in [0.29, 0.717) is 5.56 Å². The molecule has 0 aliphatic rings.